The SMILES string of the molecule is CCOc1ccc(CC(=O)c2ccnc(N3CCC(C(=O)Nc4ccc(F)cc4)CC3)c2)cc1. The van der Waals surface area contributed by atoms with Crippen LogP contribution in [0.1, 0.15) is 35.7 Å². The van der Waals surface area contributed by atoms with Gasteiger partial charge in [0.1, 0.15) is 17.4 Å². The highest BCUT2D eigenvalue weighted by molar-refractivity contribution is 5.98. The molecule has 1 amide bonds. The number of carbonyl (C=O) groups excluding carboxylic acids is 2. The largest absolute Gasteiger partial charge is 0.494 e. The summed E-state index contributed by atoms with van der Waals surface area (Å²) in [5, 5.41) is 2.86. The first-order valence-electron chi connectivity index (χ1n) is 11.5. The summed E-state index contributed by atoms with van der Waals surface area (Å²) < 4.78 is 18.5. The lowest BCUT2D eigenvalue weighted by Gasteiger charge is -2.32. The second kappa shape index (κ2) is 10.9. The molecule has 0 atom stereocenters. The molecule has 0 aliphatic carbocycles. The minimum atomic E-state index is -0.334. The molecule has 2 aromatic carbocycles. The van der Waals surface area contributed by atoms with Crippen LogP contribution in [0.3, 0.4) is 0 Å². The van der Waals surface area contributed by atoms with Gasteiger partial charge in [0, 0.05) is 42.9 Å². The lowest BCUT2D eigenvalue weighted by molar-refractivity contribution is -0.120. The summed E-state index contributed by atoms with van der Waals surface area (Å²) in [5.74, 6) is 1.05. The number of hydrogen-bond donors (Lipinski definition) is 1. The van der Waals surface area contributed by atoms with Crippen LogP contribution >= 0.6 is 0 Å². The molecule has 1 aliphatic heterocycles. The molecule has 0 spiro atoms. The minimum Gasteiger partial charge on any atom is -0.494 e. The van der Waals surface area contributed by atoms with Crippen LogP contribution in [0.2, 0.25) is 0 Å². The van der Waals surface area contributed by atoms with Crippen molar-refractivity contribution in [3.05, 3.63) is 83.8 Å². The number of aromatic nitrogens is 1. The Labute approximate surface area is 198 Å². The van der Waals surface area contributed by atoms with Gasteiger partial charge in [-0.25, -0.2) is 9.37 Å². The van der Waals surface area contributed by atoms with Gasteiger partial charge >= 0.3 is 0 Å². The maximum absolute atomic E-state index is 13.1. The fourth-order valence-electron chi connectivity index (χ4n) is 4.07. The van der Waals surface area contributed by atoms with Gasteiger partial charge < -0.3 is 15.0 Å². The van der Waals surface area contributed by atoms with Gasteiger partial charge in [0.05, 0.1) is 6.61 Å². The molecule has 176 valence electrons. The van der Waals surface area contributed by atoms with E-state index in [1.165, 1.54) is 12.1 Å². The van der Waals surface area contributed by atoms with E-state index in [1.807, 2.05) is 37.3 Å². The monoisotopic (exact) mass is 461 g/mol. The van der Waals surface area contributed by atoms with Gasteiger partial charge in [-0.2, -0.15) is 0 Å². The zero-order chi connectivity index (χ0) is 23.9. The van der Waals surface area contributed by atoms with Crippen LogP contribution in [0.15, 0.2) is 66.9 Å². The van der Waals surface area contributed by atoms with Gasteiger partial charge in [0.25, 0.3) is 0 Å². The lowest BCUT2D eigenvalue weighted by atomic mass is 9.95. The zero-order valence-electron chi connectivity index (χ0n) is 19.2. The number of ether oxygens (including phenoxy) is 1. The Hall–Kier alpha value is -3.74. The molecule has 1 aliphatic rings. The number of benzene rings is 2. The zero-order valence-corrected chi connectivity index (χ0v) is 19.2. The number of carbonyl (C=O) groups is 2. The van der Waals surface area contributed by atoms with Crippen molar-refractivity contribution in [2.45, 2.75) is 26.2 Å². The number of nitrogens with zero attached hydrogens (tertiary/aromatic N) is 2. The van der Waals surface area contributed by atoms with Crippen molar-refractivity contribution in [1.29, 1.82) is 0 Å². The highest BCUT2D eigenvalue weighted by Gasteiger charge is 2.26. The van der Waals surface area contributed by atoms with Crippen molar-refractivity contribution in [1.82, 2.24) is 4.98 Å². The molecule has 1 saturated heterocycles. The van der Waals surface area contributed by atoms with Crippen molar-refractivity contribution in [3.63, 3.8) is 0 Å². The summed E-state index contributed by atoms with van der Waals surface area (Å²) in [6.07, 6.45) is 3.33. The van der Waals surface area contributed by atoms with E-state index in [2.05, 4.69) is 15.2 Å². The third-order valence-electron chi connectivity index (χ3n) is 5.97. The number of rotatable bonds is 8. The fraction of sp³-hybridized carbons (Fsp3) is 0.296. The van der Waals surface area contributed by atoms with Gasteiger partial charge in [0.15, 0.2) is 5.78 Å². The first-order chi connectivity index (χ1) is 16.5. The van der Waals surface area contributed by atoms with E-state index in [0.717, 1.165) is 17.1 Å². The number of anilines is 2. The van der Waals surface area contributed by atoms with Crippen LogP contribution in [-0.4, -0.2) is 36.4 Å². The second-order valence-corrected chi connectivity index (χ2v) is 8.34. The molecule has 7 heteroatoms. The fourth-order valence-corrected chi connectivity index (χ4v) is 4.07. The van der Waals surface area contributed by atoms with Crippen LogP contribution < -0.4 is 15.0 Å². The highest BCUT2D eigenvalue weighted by atomic mass is 19.1. The molecular formula is C27H28FN3O3. The normalized spacial score (nSPS) is 14.0. The van der Waals surface area contributed by atoms with Crippen LogP contribution in [-0.2, 0) is 11.2 Å². The summed E-state index contributed by atoms with van der Waals surface area (Å²) in [7, 11) is 0. The van der Waals surface area contributed by atoms with E-state index >= 15 is 0 Å². The van der Waals surface area contributed by atoms with Crippen molar-refractivity contribution in [2.24, 2.45) is 5.92 Å². The van der Waals surface area contributed by atoms with Gasteiger partial charge in [-0.3, -0.25) is 9.59 Å². The van der Waals surface area contributed by atoms with Gasteiger partial charge in [-0.05, 0) is 73.9 Å². The predicted octanol–water partition coefficient (Wildman–Crippen LogP) is 4.90. The molecule has 34 heavy (non-hydrogen) atoms. The number of ketones is 1. The number of amides is 1. The van der Waals surface area contributed by atoms with E-state index in [1.54, 1.807) is 24.4 Å². The smallest absolute Gasteiger partial charge is 0.227 e. The Morgan fingerprint density at radius 2 is 1.76 bits per heavy atom. The maximum Gasteiger partial charge on any atom is 0.227 e. The number of halogens is 1. The van der Waals surface area contributed by atoms with Crippen molar-refractivity contribution < 1.29 is 18.7 Å². The Balaban J connectivity index is 1.32. The molecule has 0 unspecified atom stereocenters. The van der Waals surface area contributed by atoms with E-state index in [-0.39, 0.29) is 23.4 Å². The van der Waals surface area contributed by atoms with E-state index < -0.39 is 0 Å². The number of hydrogen-bond acceptors (Lipinski definition) is 5. The molecular weight excluding hydrogens is 433 g/mol. The maximum atomic E-state index is 13.1. The van der Waals surface area contributed by atoms with Crippen molar-refractivity contribution in [2.75, 3.05) is 29.9 Å². The quantitative estimate of drug-likeness (QED) is 0.483. The molecule has 0 bridgehead atoms. The lowest BCUT2D eigenvalue weighted by Crippen LogP contribution is -2.38. The number of Topliss-reactive ketones (excluding diaryl/α,β-unsaturated/α-hetero) is 1. The standard InChI is InChI=1S/C27H28FN3O3/c1-2-34-24-9-3-19(4-10-24)17-25(32)21-11-14-29-26(18-21)31-15-12-20(13-16-31)27(33)30-23-7-5-22(28)6-8-23/h3-11,14,18,20H,2,12-13,15-17H2,1H3,(H,30,33). The van der Waals surface area contributed by atoms with E-state index in [9.17, 15) is 14.0 Å². The van der Waals surface area contributed by atoms with Crippen LogP contribution in [0.4, 0.5) is 15.9 Å². The molecule has 4 rings (SSSR count). The molecule has 0 saturated carbocycles. The van der Waals surface area contributed by atoms with Gasteiger partial charge in [-0.1, -0.05) is 12.1 Å². The number of nitrogens with one attached hydrogen (secondary N) is 1. The van der Waals surface area contributed by atoms with Gasteiger partial charge in [0.2, 0.25) is 5.91 Å². The number of piperidine rings is 1. The average molecular weight is 462 g/mol. The van der Waals surface area contributed by atoms with Crippen LogP contribution in [0.25, 0.3) is 0 Å². The summed E-state index contributed by atoms with van der Waals surface area (Å²) >= 11 is 0. The third kappa shape index (κ3) is 5.98. The molecule has 2 heterocycles. The van der Waals surface area contributed by atoms with E-state index in [4.69, 9.17) is 4.74 Å². The Morgan fingerprint density at radius 1 is 1.06 bits per heavy atom. The first-order valence-corrected chi connectivity index (χ1v) is 11.5. The van der Waals surface area contributed by atoms with Crippen LogP contribution in [0.5, 0.6) is 5.75 Å². The van der Waals surface area contributed by atoms with Gasteiger partial charge in [-0.15, -0.1) is 0 Å². The van der Waals surface area contributed by atoms with E-state index in [0.29, 0.717) is 50.2 Å². The average Bonchev–Trinajstić information content (AvgIpc) is 2.87. The van der Waals surface area contributed by atoms with Crippen LogP contribution in [0, 0.1) is 11.7 Å². The second-order valence-electron chi connectivity index (χ2n) is 8.34. The van der Waals surface area contributed by atoms with Crippen molar-refractivity contribution >= 4 is 23.2 Å². The number of pyridine rings is 1. The molecule has 1 aromatic heterocycles. The molecule has 0 radical (unpaired) electrons. The topological polar surface area (TPSA) is 71.5 Å². The minimum absolute atomic E-state index is 0.0290. The summed E-state index contributed by atoms with van der Waals surface area (Å²) in [5.41, 5.74) is 2.14. The molecule has 1 N–H and O–H groups in total. The highest BCUT2D eigenvalue weighted by Crippen LogP contribution is 2.24. The first kappa shape index (κ1) is 23.4. The Morgan fingerprint density at radius 3 is 2.44 bits per heavy atom. The molecule has 6 nitrogen and oxygen atoms in total. The Bertz CT molecular complexity index is 1120. The molecule has 3 aromatic rings. The summed E-state index contributed by atoms with van der Waals surface area (Å²) in [4.78, 5) is 32.0. The third-order valence-corrected chi connectivity index (χ3v) is 5.97. The summed E-state index contributed by atoms with van der Waals surface area (Å²) in [6.45, 7) is 3.88. The molecule has 1 fully saturated rings. The summed E-state index contributed by atoms with van der Waals surface area (Å²) in [6, 6.07) is 16.9. The predicted molar refractivity (Wildman–Crippen MR) is 130 cm³/mol. The Kier molecular flexibility index (Phi) is 7.52. The van der Waals surface area contributed by atoms with Crippen molar-refractivity contribution in [3.8, 4) is 5.75 Å².